The van der Waals surface area contributed by atoms with Crippen LogP contribution in [0.25, 0.3) is 10.9 Å². The third kappa shape index (κ3) is 4.58. The normalized spacial score (nSPS) is 10.9. The molecular weight excluding hydrogens is 378 g/mol. The molecule has 0 saturated heterocycles. The molecule has 0 bridgehead atoms. The Bertz CT molecular complexity index is 1020. The van der Waals surface area contributed by atoms with Crippen molar-refractivity contribution in [1.82, 2.24) is 14.5 Å². The molecule has 0 unspecified atom stereocenters. The van der Waals surface area contributed by atoms with Gasteiger partial charge in [-0.2, -0.15) is 0 Å². The van der Waals surface area contributed by atoms with Crippen LogP contribution in [0.1, 0.15) is 22.5 Å². The van der Waals surface area contributed by atoms with Gasteiger partial charge in [0.15, 0.2) is 5.16 Å². The molecule has 0 atom stereocenters. The van der Waals surface area contributed by atoms with Gasteiger partial charge in [-0.15, -0.1) is 0 Å². The second-order valence-electron chi connectivity index (χ2n) is 6.03. The second-order valence-corrected chi connectivity index (χ2v) is 6.97. The zero-order valence-electron chi connectivity index (χ0n) is 15.8. The van der Waals surface area contributed by atoms with Gasteiger partial charge in [0.1, 0.15) is 0 Å². The van der Waals surface area contributed by atoms with Crippen LogP contribution in [-0.2, 0) is 21.8 Å². The molecule has 7 nitrogen and oxygen atoms in total. The summed E-state index contributed by atoms with van der Waals surface area (Å²) in [6.07, 6.45) is 2.43. The minimum Gasteiger partial charge on any atom is -0.465 e. The SMILES string of the molecule is COCCCn1c(SCc2ccccn2)nc2cc(C(=O)OC)ccc2c1=O. The molecule has 0 saturated carbocycles. The average molecular weight is 399 g/mol. The summed E-state index contributed by atoms with van der Waals surface area (Å²) in [6.45, 7) is 1.05. The molecule has 2 heterocycles. The Labute approximate surface area is 166 Å². The third-order valence-electron chi connectivity index (χ3n) is 4.15. The Kier molecular flexibility index (Phi) is 6.78. The van der Waals surface area contributed by atoms with Crippen LogP contribution in [0.3, 0.4) is 0 Å². The van der Waals surface area contributed by atoms with Gasteiger partial charge in [0.2, 0.25) is 0 Å². The Morgan fingerprint density at radius 3 is 2.79 bits per heavy atom. The minimum atomic E-state index is -0.462. The van der Waals surface area contributed by atoms with Gasteiger partial charge in [-0.1, -0.05) is 17.8 Å². The van der Waals surface area contributed by atoms with Crippen molar-refractivity contribution in [3.8, 4) is 0 Å². The fraction of sp³-hybridized carbons (Fsp3) is 0.300. The van der Waals surface area contributed by atoms with Gasteiger partial charge in [0.25, 0.3) is 5.56 Å². The van der Waals surface area contributed by atoms with Gasteiger partial charge < -0.3 is 9.47 Å². The van der Waals surface area contributed by atoms with Crippen molar-refractivity contribution in [1.29, 1.82) is 0 Å². The van der Waals surface area contributed by atoms with E-state index in [0.29, 0.717) is 46.9 Å². The summed E-state index contributed by atoms with van der Waals surface area (Å²) in [5.74, 6) is 0.121. The van der Waals surface area contributed by atoms with E-state index in [4.69, 9.17) is 9.47 Å². The largest absolute Gasteiger partial charge is 0.465 e. The number of benzene rings is 1. The highest BCUT2D eigenvalue weighted by atomic mass is 32.2. The Balaban J connectivity index is 2.01. The lowest BCUT2D eigenvalue weighted by atomic mass is 10.1. The number of esters is 1. The number of fused-ring (bicyclic) bond motifs is 1. The van der Waals surface area contributed by atoms with Crippen LogP contribution < -0.4 is 5.56 Å². The Morgan fingerprint density at radius 2 is 2.07 bits per heavy atom. The fourth-order valence-corrected chi connectivity index (χ4v) is 3.68. The molecule has 3 aromatic rings. The Hall–Kier alpha value is -2.71. The molecule has 1 aromatic carbocycles. The number of aromatic nitrogens is 3. The van der Waals surface area contributed by atoms with Gasteiger partial charge in [0.05, 0.1) is 29.3 Å². The first-order chi connectivity index (χ1) is 13.6. The van der Waals surface area contributed by atoms with Crippen LogP contribution in [0.15, 0.2) is 52.5 Å². The van der Waals surface area contributed by atoms with Gasteiger partial charge in [-0.3, -0.25) is 14.3 Å². The van der Waals surface area contributed by atoms with E-state index >= 15 is 0 Å². The van der Waals surface area contributed by atoms with E-state index in [1.807, 2.05) is 18.2 Å². The van der Waals surface area contributed by atoms with Crippen molar-refractivity contribution < 1.29 is 14.3 Å². The molecule has 3 rings (SSSR count). The molecule has 0 aliphatic rings. The Morgan fingerprint density at radius 1 is 1.21 bits per heavy atom. The number of pyridine rings is 1. The molecule has 0 N–H and O–H groups in total. The fourth-order valence-electron chi connectivity index (χ4n) is 2.74. The molecule has 2 aromatic heterocycles. The highest BCUT2D eigenvalue weighted by molar-refractivity contribution is 7.98. The minimum absolute atomic E-state index is 0.138. The third-order valence-corrected chi connectivity index (χ3v) is 5.16. The molecule has 146 valence electrons. The number of carbonyl (C=O) groups excluding carboxylic acids is 1. The van der Waals surface area contributed by atoms with Crippen LogP contribution in [0, 0.1) is 0 Å². The van der Waals surface area contributed by atoms with Crippen LogP contribution in [0.4, 0.5) is 0 Å². The molecule has 0 aliphatic heterocycles. The standard InChI is InChI=1S/C20H21N3O4S/c1-26-11-5-10-23-18(24)16-8-7-14(19(25)27-2)12-17(16)22-20(23)28-13-15-6-3-4-9-21-15/h3-4,6-9,12H,5,10-11,13H2,1-2H3. The first-order valence-corrected chi connectivity index (χ1v) is 9.77. The summed E-state index contributed by atoms with van der Waals surface area (Å²) in [6, 6.07) is 10.5. The lowest BCUT2D eigenvalue weighted by Crippen LogP contribution is -2.24. The number of ether oxygens (including phenoxy) is 2. The summed E-state index contributed by atoms with van der Waals surface area (Å²) in [5.41, 5.74) is 1.59. The molecule has 0 radical (unpaired) electrons. The van der Waals surface area contributed by atoms with E-state index in [0.717, 1.165) is 5.69 Å². The maximum Gasteiger partial charge on any atom is 0.337 e. The molecular formula is C20H21N3O4S. The summed E-state index contributed by atoms with van der Waals surface area (Å²) in [7, 11) is 2.95. The number of hydrogen-bond acceptors (Lipinski definition) is 7. The van der Waals surface area contributed by atoms with Crippen molar-refractivity contribution >= 4 is 28.6 Å². The van der Waals surface area contributed by atoms with Crippen molar-refractivity contribution in [3.05, 3.63) is 64.2 Å². The van der Waals surface area contributed by atoms with Crippen molar-refractivity contribution in [2.24, 2.45) is 0 Å². The summed E-state index contributed by atoms with van der Waals surface area (Å²) in [4.78, 5) is 33.8. The van der Waals surface area contributed by atoms with Crippen LogP contribution in [0.2, 0.25) is 0 Å². The van der Waals surface area contributed by atoms with Gasteiger partial charge in [0, 0.05) is 32.2 Å². The topological polar surface area (TPSA) is 83.3 Å². The van der Waals surface area contributed by atoms with E-state index in [-0.39, 0.29) is 5.56 Å². The lowest BCUT2D eigenvalue weighted by Gasteiger charge is -2.13. The number of hydrogen-bond donors (Lipinski definition) is 0. The summed E-state index contributed by atoms with van der Waals surface area (Å²) in [5, 5.41) is 1.05. The smallest absolute Gasteiger partial charge is 0.337 e. The van der Waals surface area contributed by atoms with Crippen LogP contribution >= 0.6 is 11.8 Å². The predicted molar refractivity (Wildman–Crippen MR) is 108 cm³/mol. The van der Waals surface area contributed by atoms with E-state index in [1.165, 1.54) is 18.9 Å². The average Bonchev–Trinajstić information content (AvgIpc) is 2.74. The van der Waals surface area contributed by atoms with Gasteiger partial charge in [-0.05, 0) is 36.8 Å². The first-order valence-electron chi connectivity index (χ1n) is 8.78. The van der Waals surface area contributed by atoms with Crippen LogP contribution in [-0.4, -0.2) is 41.3 Å². The molecule has 8 heteroatoms. The zero-order valence-corrected chi connectivity index (χ0v) is 16.6. The number of methoxy groups -OCH3 is 2. The van der Waals surface area contributed by atoms with E-state index in [9.17, 15) is 9.59 Å². The van der Waals surface area contributed by atoms with Crippen LogP contribution in [0.5, 0.6) is 0 Å². The zero-order chi connectivity index (χ0) is 19.9. The number of nitrogens with zero attached hydrogens (tertiary/aromatic N) is 3. The molecule has 0 spiro atoms. The number of carbonyl (C=O) groups is 1. The molecule has 0 aliphatic carbocycles. The molecule has 0 amide bonds. The first kappa shape index (κ1) is 20.0. The maximum atomic E-state index is 13.0. The summed E-state index contributed by atoms with van der Waals surface area (Å²) < 4.78 is 11.5. The quantitative estimate of drug-likeness (QED) is 0.249. The predicted octanol–water partition coefficient (Wildman–Crippen LogP) is 2.91. The van der Waals surface area contributed by atoms with Gasteiger partial charge in [-0.25, -0.2) is 9.78 Å². The van der Waals surface area contributed by atoms with E-state index in [2.05, 4.69) is 9.97 Å². The molecule has 28 heavy (non-hydrogen) atoms. The highest BCUT2D eigenvalue weighted by Crippen LogP contribution is 2.22. The second kappa shape index (κ2) is 9.48. The number of rotatable bonds is 8. The monoisotopic (exact) mass is 399 g/mol. The van der Waals surface area contributed by atoms with Gasteiger partial charge >= 0.3 is 5.97 Å². The number of thioether (sulfide) groups is 1. The van der Waals surface area contributed by atoms with Crippen molar-refractivity contribution in [2.75, 3.05) is 20.8 Å². The maximum absolute atomic E-state index is 13.0. The van der Waals surface area contributed by atoms with E-state index in [1.54, 1.807) is 36.1 Å². The van der Waals surface area contributed by atoms with Crippen molar-refractivity contribution in [2.45, 2.75) is 23.9 Å². The van der Waals surface area contributed by atoms with Crippen molar-refractivity contribution in [3.63, 3.8) is 0 Å². The molecule has 0 fully saturated rings. The summed E-state index contributed by atoms with van der Waals surface area (Å²) >= 11 is 1.44. The lowest BCUT2D eigenvalue weighted by molar-refractivity contribution is 0.0601. The van der Waals surface area contributed by atoms with E-state index < -0.39 is 5.97 Å². The highest BCUT2D eigenvalue weighted by Gasteiger charge is 2.14.